The second-order valence-corrected chi connectivity index (χ2v) is 5.75. The second-order valence-electron chi connectivity index (χ2n) is 4.90. The molecule has 0 radical (unpaired) electrons. The highest BCUT2D eigenvalue weighted by Gasteiger charge is 2.18. The largest absolute Gasteiger partial charge is 0.481 e. The first-order valence-corrected chi connectivity index (χ1v) is 7.23. The third-order valence-corrected chi connectivity index (χ3v) is 4.00. The average molecular weight is 302 g/mol. The fourth-order valence-corrected chi connectivity index (χ4v) is 3.10. The minimum atomic E-state index is -0.720. The summed E-state index contributed by atoms with van der Waals surface area (Å²) in [5.41, 5.74) is 2.40. The summed E-state index contributed by atoms with van der Waals surface area (Å²) in [6.45, 7) is 2.75. The minimum absolute atomic E-state index is 0.252. The fraction of sp³-hybridized carbons (Fsp3) is 0.500. The van der Waals surface area contributed by atoms with Crippen LogP contribution < -0.4 is 0 Å². The van der Waals surface area contributed by atoms with Crippen LogP contribution in [0.15, 0.2) is 12.1 Å². The average Bonchev–Trinajstić information content (AvgIpc) is 2.33. The molecule has 3 nitrogen and oxygen atoms in total. The highest BCUT2D eigenvalue weighted by molar-refractivity contribution is 6.35. The van der Waals surface area contributed by atoms with Crippen molar-refractivity contribution in [1.82, 2.24) is 4.90 Å². The van der Waals surface area contributed by atoms with Crippen LogP contribution in [0.3, 0.4) is 0 Å². The third-order valence-electron chi connectivity index (χ3n) is 3.44. The van der Waals surface area contributed by atoms with E-state index in [0.717, 1.165) is 43.9 Å². The molecule has 104 valence electrons. The summed E-state index contributed by atoms with van der Waals surface area (Å²) in [6, 6.07) is 3.77. The number of halogens is 2. The lowest BCUT2D eigenvalue weighted by molar-refractivity contribution is -0.137. The van der Waals surface area contributed by atoms with Gasteiger partial charge in [0, 0.05) is 29.6 Å². The van der Waals surface area contributed by atoms with Crippen molar-refractivity contribution in [3.05, 3.63) is 33.3 Å². The Morgan fingerprint density at radius 2 is 2.11 bits per heavy atom. The molecule has 0 amide bonds. The molecule has 0 saturated heterocycles. The number of carboxylic acids is 1. The van der Waals surface area contributed by atoms with E-state index in [1.54, 1.807) is 6.07 Å². The van der Waals surface area contributed by atoms with Crippen LogP contribution in [0.4, 0.5) is 0 Å². The molecule has 2 rings (SSSR count). The van der Waals surface area contributed by atoms with Crippen LogP contribution in [0.25, 0.3) is 0 Å². The van der Waals surface area contributed by atoms with Gasteiger partial charge in [-0.1, -0.05) is 23.2 Å². The zero-order chi connectivity index (χ0) is 13.8. The summed E-state index contributed by atoms with van der Waals surface area (Å²) in [5.74, 6) is -0.720. The molecule has 0 unspecified atom stereocenters. The first-order valence-electron chi connectivity index (χ1n) is 6.47. The molecule has 0 spiro atoms. The predicted octanol–water partition coefficient (Wildman–Crippen LogP) is 3.61. The molecule has 1 heterocycles. The highest BCUT2D eigenvalue weighted by Crippen LogP contribution is 2.29. The van der Waals surface area contributed by atoms with E-state index >= 15 is 0 Å². The lowest BCUT2D eigenvalue weighted by Crippen LogP contribution is -2.31. The number of hydrogen-bond acceptors (Lipinski definition) is 2. The van der Waals surface area contributed by atoms with E-state index in [4.69, 9.17) is 28.3 Å². The summed E-state index contributed by atoms with van der Waals surface area (Å²) >= 11 is 12.2. The van der Waals surface area contributed by atoms with Gasteiger partial charge in [0.25, 0.3) is 0 Å². The molecule has 0 atom stereocenters. The molecule has 1 aromatic carbocycles. The van der Waals surface area contributed by atoms with E-state index in [1.165, 1.54) is 11.1 Å². The molecule has 1 N–H and O–H groups in total. The summed E-state index contributed by atoms with van der Waals surface area (Å²) in [6.07, 6.45) is 2.83. The Hall–Kier alpha value is -0.770. The number of fused-ring (bicyclic) bond motifs is 1. The lowest BCUT2D eigenvalue weighted by Gasteiger charge is -2.29. The molecular formula is C14H17Cl2NO2. The number of benzene rings is 1. The Balaban J connectivity index is 1.89. The third kappa shape index (κ3) is 4.10. The summed E-state index contributed by atoms with van der Waals surface area (Å²) in [4.78, 5) is 12.8. The van der Waals surface area contributed by atoms with E-state index in [0.29, 0.717) is 5.02 Å². The van der Waals surface area contributed by atoms with E-state index < -0.39 is 5.97 Å². The number of carbonyl (C=O) groups is 1. The topological polar surface area (TPSA) is 40.5 Å². The molecular weight excluding hydrogens is 285 g/mol. The van der Waals surface area contributed by atoms with Crippen molar-refractivity contribution in [2.24, 2.45) is 0 Å². The maximum atomic E-state index is 10.4. The molecule has 0 fully saturated rings. The lowest BCUT2D eigenvalue weighted by atomic mass is 9.99. The van der Waals surface area contributed by atoms with Crippen molar-refractivity contribution in [1.29, 1.82) is 0 Å². The van der Waals surface area contributed by atoms with Gasteiger partial charge < -0.3 is 5.11 Å². The molecule has 0 aromatic heterocycles. The van der Waals surface area contributed by atoms with Gasteiger partial charge in [0.05, 0.1) is 0 Å². The Morgan fingerprint density at radius 3 is 2.84 bits per heavy atom. The number of aliphatic carboxylic acids is 1. The SMILES string of the molecule is O=C(O)CCCCN1CCc2c(Cl)cc(Cl)cc2C1. The molecule has 1 aliphatic rings. The first kappa shape index (κ1) is 14.6. The molecule has 0 saturated carbocycles. The quantitative estimate of drug-likeness (QED) is 0.845. The summed E-state index contributed by atoms with van der Waals surface area (Å²) in [7, 11) is 0. The minimum Gasteiger partial charge on any atom is -0.481 e. The monoisotopic (exact) mass is 301 g/mol. The summed E-state index contributed by atoms with van der Waals surface area (Å²) < 4.78 is 0. The van der Waals surface area contributed by atoms with Crippen LogP contribution in [0.5, 0.6) is 0 Å². The van der Waals surface area contributed by atoms with Gasteiger partial charge in [-0.2, -0.15) is 0 Å². The Kier molecular flexibility index (Phi) is 5.08. The van der Waals surface area contributed by atoms with Gasteiger partial charge in [-0.3, -0.25) is 9.69 Å². The number of nitrogens with zero attached hydrogens (tertiary/aromatic N) is 1. The molecule has 5 heteroatoms. The summed E-state index contributed by atoms with van der Waals surface area (Å²) in [5, 5.41) is 10.0. The van der Waals surface area contributed by atoms with Gasteiger partial charge in [-0.15, -0.1) is 0 Å². The number of carboxylic acid groups (broad SMARTS) is 1. The van der Waals surface area contributed by atoms with Crippen molar-refractivity contribution in [2.75, 3.05) is 13.1 Å². The molecule has 1 aromatic rings. The Bertz CT molecular complexity index is 477. The fourth-order valence-electron chi connectivity index (χ4n) is 2.47. The zero-order valence-corrected chi connectivity index (χ0v) is 12.2. The first-order chi connectivity index (χ1) is 9.06. The van der Waals surface area contributed by atoms with Crippen LogP contribution >= 0.6 is 23.2 Å². The number of unbranched alkanes of at least 4 members (excludes halogenated alkanes) is 1. The molecule has 1 aliphatic heterocycles. The van der Waals surface area contributed by atoms with Crippen molar-refractivity contribution in [2.45, 2.75) is 32.2 Å². The van der Waals surface area contributed by atoms with E-state index in [1.807, 2.05) is 6.07 Å². The van der Waals surface area contributed by atoms with Gasteiger partial charge in [0.2, 0.25) is 0 Å². The van der Waals surface area contributed by atoms with Crippen molar-refractivity contribution < 1.29 is 9.90 Å². The van der Waals surface area contributed by atoms with Crippen molar-refractivity contribution in [3.8, 4) is 0 Å². The van der Waals surface area contributed by atoms with Crippen molar-refractivity contribution in [3.63, 3.8) is 0 Å². The van der Waals surface area contributed by atoms with Crippen LogP contribution in [0, 0.1) is 0 Å². The predicted molar refractivity (Wildman–Crippen MR) is 76.9 cm³/mol. The zero-order valence-electron chi connectivity index (χ0n) is 10.7. The molecule has 19 heavy (non-hydrogen) atoms. The van der Waals surface area contributed by atoms with E-state index in [-0.39, 0.29) is 6.42 Å². The van der Waals surface area contributed by atoms with Gasteiger partial charge in [-0.25, -0.2) is 0 Å². The van der Waals surface area contributed by atoms with Crippen LogP contribution in [-0.4, -0.2) is 29.1 Å². The maximum absolute atomic E-state index is 10.4. The molecule has 0 bridgehead atoms. The van der Waals surface area contributed by atoms with Crippen molar-refractivity contribution >= 4 is 29.2 Å². The maximum Gasteiger partial charge on any atom is 0.303 e. The van der Waals surface area contributed by atoms with Gasteiger partial charge in [-0.05, 0) is 49.1 Å². The highest BCUT2D eigenvalue weighted by atomic mass is 35.5. The van der Waals surface area contributed by atoms with Crippen LogP contribution in [0.1, 0.15) is 30.4 Å². The Labute approximate surface area is 123 Å². The smallest absolute Gasteiger partial charge is 0.303 e. The van der Waals surface area contributed by atoms with Gasteiger partial charge in [0.15, 0.2) is 0 Å². The van der Waals surface area contributed by atoms with E-state index in [9.17, 15) is 4.79 Å². The standard InChI is InChI=1S/C14H17Cl2NO2/c15-11-7-10-9-17(5-2-1-3-14(18)19)6-4-12(10)13(16)8-11/h7-8H,1-6,9H2,(H,18,19). The van der Waals surface area contributed by atoms with Crippen LogP contribution in [-0.2, 0) is 17.8 Å². The second kappa shape index (κ2) is 6.60. The Morgan fingerprint density at radius 1 is 1.32 bits per heavy atom. The number of hydrogen-bond donors (Lipinski definition) is 1. The normalized spacial score (nSPS) is 15.3. The van der Waals surface area contributed by atoms with Gasteiger partial charge in [0.1, 0.15) is 0 Å². The van der Waals surface area contributed by atoms with E-state index in [2.05, 4.69) is 4.90 Å². The number of rotatable bonds is 5. The van der Waals surface area contributed by atoms with Crippen LogP contribution in [0.2, 0.25) is 10.0 Å². The molecule has 0 aliphatic carbocycles. The van der Waals surface area contributed by atoms with Gasteiger partial charge >= 0.3 is 5.97 Å².